The van der Waals surface area contributed by atoms with Gasteiger partial charge in [-0.3, -0.25) is 0 Å². The quantitative estimate of drug-likeness (QED) is 0.194. The second-order valence-corrected chi connectivity index (χ2v) is 16.1. The summed E-state index contributed by atoms with van der Waals surface area (Å²) in [5.41, 5.74) is 0. The first kappa shape index (κ1) is 21.2. The molecule has 142 valence electrons. The van der Waals surface area contributed by atoms with Crippen molar-refractivity contribution >= 4 is 52.5 Å². The number of hydrogen-bond donors (Lipinski definition) is 0. The number of halogens is 2. The molecule has 0 saturated carbocycles. The molecule has 3 heteroatoms. The van der Waals surface area contributed by atoms with Crippen LogP contribution in [-0.2, 0) is 18.9 Å². The van der Waals surface area contributed by atoms with E-state index in [1.165, 1.54) is 35.5 Å². The standard InChI is InChI=1S/C13H9.C9H7.C3H6.2ClH.Zr/c1-3-7-12-10(5-1)9-11-6-2-4-8-13(11)12;1-2-5-9-7-3-6-8(9)4-1;1-3-2;;;/h1-9H;1-7H;1-2H3;2*1H;/q2*-1;;;;+2/p-2. The third-order valence-electron chi connectivity index (χ3n) is 4.45. The molecule has 0 aliphatic carbocycles. The maximum absolute atomic E-state index is 5.54. The second kappa shape index (κ2) is 10.3. The van der Waals surface area contributed by atoms with Crippen LogP contribution in [0.25, 0.3) is 32.3 Å². The molecule has 0 aliphatic rings. The Morgan fingerprint density at radius 1 is 0.679 bits per heavy atom. The molecule has 0 fully saturated rings. The first-order valence-electron chi connectivity index (χ1n) is 9.18. The van der Waals surface area contributed by atoms with Gasteiger partial charge >= 0.3 is 53.0 Å². The van der Waals surface area contributed by atoms with E-state index in [1.807, 2.05) is 13.8 Å². The van der Waals surface area contributed by atoms with Crippen LogP contribution in [0.4, 0.5) is 0 Å². The van der Waals surface area contributed by atoms with Gasteiger partial charge in [0.1, 0.15) is 0 Å². The Labute approximate surface area is 181 Å². The van der Waals surface area contributed by atoms with Gasteiger partial charge in [0, 0.05) is 0 Å². The maximum atomic E-state index is 5.54. The van der Waals surface area contributed by atoms with E-state index >= 15 is 0 Å². The van der Waals surface area contributed by atoms with E-state index in [1.54, 1.807) is 0 Å². The molecule has 28 heavy (non-hydrogen) atoms. The third-order valence-corrected chi connectivity index (χ3v) is 10.8. The van der Waals surface area contributed by atoms with Crippen molar-refractivity contribution in [2.45, 2.75) is 13.8 Å². The minimum absolute atomic E-state index is 1.24. The fraction of sp³-hybridized carbons (Fsp3) is 0.0800. The molecule has 0 N–H and O–H groups in total. The van der Waals surface area contributed by atoms with Crippen LogP contribution in [0.1, 0.15) is 13.8 Å². The summed E-state index contributed by atoms with van der Waals surface area (Å²) in [6, 6.07) is 33.9. The van der Waals surface area contributed by atoms with E-state index in [9.17, 15) is 0 Å². The molecule has 0 amide bonds. The van der Waals surface area contributed by atoms with Crippen molar-refractivity contribution in [3.05, 3.63) is 97.1 Å². The normalized spacial score (nSPS) is 10.1. The van der Waals surface area contributed by atoms with Crippen molar-refractivity contribution < 1.29 is 18.9 Å². The van der Waals surface area contributed by atoms with E-state index in [-0.39, 0.29) is 0 Å². The van der Waals surface area contributed by atoms with E-state index < -0.39 is 18.9 Å². The topological polar surface area (TPSA) is 0 Å². The Hall–Kier alpha value is -1.53. The van der Waals surface area contributed by atoms with Crippen molar-refractivity contribution in [1.82, 2.24) is 0 Å². The zero-order valence-electron chi connectivity index (χ0n) is 16.0. The average Bonchev–Trinajstić information content (AvgIpc) is 3.33. The van der Waals surface area contributed by atoms with E-state index in [0.29, 0.717) is 0 Å². The van der Waals surface area contributed by atoms with E-state index in [0.717, 1.165) is 0 Å². The van der Waals surface area contributed by atoms with Crippen LogP contribution in [0.3, 0.4) is 0 Å². The SMILES string of the molecule is C[C](C)=[Zr]([Cl])[Cl].c1ccc2[cH-]ccc2c1.c1ccc2c(c1)[cH-]c1ccccc12. The minimum Gasteiger partial charge on any atom is -0.168 e. The minimum atomic E-state index is -1.84. The van der Waals surface area contributed by atoms with Gasteiger partial charge in [0.2, 0.25) is 0 Å². The largest absolute Gasteiger partial charge is 0.168 e. The molecule has 0 spiro atoms. The molecule has 0 unspecified atom stereocenters. The van der Waals surface area contributed by atoms with Crippen LogP contribution in [0.2, 0.25) is 0 Å². The fourth-order valence-corrected chi connectivity index (χ4v) is 2.97. The fourth-order valence-electron chi connectivity index (χ4n) is 2.97. The van der Waals surface area contributed by atoms with Gasteiger partial charge in [-0.2, -0.15) is 17.5 Å². The average molecular weight is 485 g/mol. The predicted molar refractivity (Wildman–Crippen MR) is 125 cm³/mol. The molecule has 0 radical (unpaired) electrons. The monoisotopic (exact) mass is 482 g/mol. The summed E-state index contributed by atoms with van der Waals surface area (Å²) >= 11 is -1.84. The molecule has 5 rings (SSSR count). The molecule has 0 saturated heterocycles. The third kappa shape index (κ3) is 5.51. The van der Waals surface area contributed by atoms with E-state index in [4.69, 9.17) is 17.0 Å². The Kier molecular flexibility index (Phi) is 7.80. The molecule has 0 nitrogen and oxygen atoms in total. The predicted octanol–water partition coefficient (Wildman–Crippen LogP) is 8.40. The zero-order valence-corrected chi connectivity index (χ0v) is 20.0. The Morgan fingerprint density at radius 3 is 1.64 bits per heavy atom. The van der Waals surface area contributed by atoms with Crippen molar-refractivity contribution in [2.24, 2.45) is 0 Å². The van der Waals surface area contributed by atoms with Gasteiger partial charge in [-0.25, -0.2) is 0 Å². The first-order valence-corrected chi connectivity index (χ1v) is 16.7. The van der Waals surface area contributed by atoms with Crippen LogP contribution in [0, 0.1) is 0 Å². The molecule has 0 aromatic heterocycles. The maximum Gasteiger partial charge on any atom is -0.0771 e. The number of hydrogen-bond acceptors (Lipinski definition) is 0. The van der Waals surface area contributed by atoms with Crippen LogP contribution < -0.4 is 0 Å². The molecule has 5 aromatic rings. The second-order valence-electron chi connectivity index (χ2n) is 6.73. The Balaban J connectivity index is 0.000000132. The van der Waals surface area contributed by atoms with Crippen LogP contribution >= 0.6 is 17.0 Å². The molecule has 5 aromatic carbocycles. The summed E-state index contributed by atoms with van der Waals surface area (Å²) in [4.78, 5) is 0. The van der Waals surface area contributed by atoms with Gasteiger partial charge in [0.15, 0.2) is 0 Å². The number of fused-ring (bicyclic) bond motifs is 4. The summed E-state index contributed by atoms with van der Waals surface area (Å²) in [6.07, 6.45) is 0. The summed E-state index contributed by atoms with van der Waals surface area (Å²) in [5, 5.41) is 8.05. The first-order chi connectivity index (χ1) is 13.6. The summed E-state index contributed by atoms with van der Waals surface area (Å²) in [6.45, 7) is 3.96. The summed E-state index contributed by atoms with van der Waals surface area (Å²) in [7, 11) is 11.1. The number of benzene rings is 3. The Morgan fingerprint density at radius 2 is 1.14 bits per heavy atom. The van der Waals surface area contributed by atoms with Crippen molar-refractivity contribution in [3.63, 3.8) is 0 Å². The van der Waals surface area contributed by atoms with Gasteiger partial charge in [-0.15, -0.1) is 69.4 Å². The smallest absolute Gasteiger partial charge is 0.0771 e. The van der Waals surface area contributed by atoms with Gasteiger partial charge < -0.3 is 0 Å². The van der Waals surface area contributed by atoms with Gasteiger partial charge in [0.25, 0.3) is 0 Å². The summed E-state index contributed by atoms with van der Waals surface area (Å²) in [5.74, 6) is 0. The van der Waals surface area contributed by atoms with Crippen LogP contribution in [-0.4, -0.2) is 3.21 Å². The van der Waals surface area contributed by atoms with Crippen molar-refractivity contribution in [2.75, 3.05) is 0 Å². The molecule has 0 bridgehead atoms. The Bertz CT molecular complexity index is 1110. The molecular weight excluding hydrogens is 462 g/mol. The van der Waals surface area contributed by atoms with Gasteiger partial charge in [0.05, 0.1) is 0 Å². The molecule has 0 atom stereocenters. The zero-order chi connectivity index (χ0) is 19.9. The molecular formula is C25H22Cl2Zr-2. The van der Waals surface area contributed by atoms with Crippen LogP contribution in [0.15, 0.2) is 97.1 Å². The molecule has 0 aliphatic heterocycles. The summed E-state index contributed by atoms with van der Waals surface area (Å²) < 4.78 is 1.24. The van der Waals surface area contributed by atoms with Gasteiger partial charge in [-0.1, -0.05) is 42.5 Å². The van der Waals surface area contributed by atoms with Gasteiger partial charge in [-0.05, 0) is 0 Å². The van der Waals surface area contributed by atoms with Crippen molar-refractivity contribution in [1.29, 1.82) is 0 Å². The number of rotatable bonds is 0. The van der Waals surface area contributed by atoms with Crippen molar-refractivity contribution in [3.8, 4) is 0 Å². The van der Waals surface area contributed by atoms with Crippen LogP contribution in [0.5, 0.6) is 0 Å². The van der Waals surface area contributed by atoms with E-state index in [2.05, 4.69) is 97.1 Å². The molecule has 0 heterocycles.